The number of ether oxygens (including phenoxy) is 2. The third-order valence-electron chi connectivity index (χ3n) is 3.92. The maximum atomic E-state index is 5.85. The van der Waals surface area contributed by atoms with Gasteiger partial charge in [0.1, 0.15) is 11.4 Å². The highest BCUT2D eigenvalue weighted by Gasteiger charge is 2.48. The van der Waals surface area contributed by atoms with E-state index in [9.17, 15) is 0 Å². The summed E-state index contributed by atoms with van der Waals surface area (Å²) in [5, 5.41) is 0. The standard InChI is InChI=1S/C17H24O2/c1-5-10-17(12-19-17)16(13(3)6-2)14-8-7-9-15(11-14)18-4/h7-9,11H,5-6,10,12H2,1-4H3/b16-13+/t17-/m0/s1. The fourth-order valence-electron chi connectivity index (χ4n) is 2.76. The zero-order valence-electron chi connectivity index (χ0n) is 12.5. The Bertz CT molecular complexity index is 470. The van der Waals surface area contributed by atoms with Gasteiger partial charge in [0, 0.05) is 0 Å². The van der Waals surface area contributed by atoms with Gasteiger partial charge < -0.3 is 9.47 Å². The van der Waals surface area contributed by atoms with Gasteiger partial charge in [-0.3, -0.25) is 0 Å². The molecule has 1 fully saturated rings. The molecule has 0 bridgehead atoms. The molecule has 1 aliphatic rings. The highest BCUT2D eigenvalue weighted by Crippen LogP contribution is 2.47. The van der Waals surface area contributed by atoms with Gasteiger partial charge in [0.2, 0.25) is 0 Å². The summed E-state index contributed by atoms with van der Waals surface area (Å²) >= 11 is 0. The molecule has 104 valence electrons. The lowest BCUT2D eigenvalue weighted by atomic mass is 9.85. The molecule has 2 heteroatoms. The van der Waals surface area contributed by atoms with Crippen LogP contribution in [0.15, 0.2) is 29.8 Å². The van der Waals surface area contributed by atoms with Gasteiger partial charge in [-0.1, -0.05) is 38.0 Å². The van der Waals surface area contributed by atoms with Gasteiger partial charge in [-0.2, -0.15) is 0 Å². The molecule has 0 aliphatic carbocycles. The van der Waals surface area contributed by atoms with Gasteiger partial charge in [0.05, 0.1) is 13.7 Å². The van der Waals surface area contributed by atoms with Crippen molar-refractivity contribution in [2.45, 2.75) is 45.6 Å². The predicted octanol–water partition coefficient (Wildman–Crippen LogP) is 4.45. The summed E-state index contributed by atoms with van der Waals surface area (Å²) in [5.74, 6) is 0.909. The largest absolute Gasteiger partial charge is 0.497 e. The van der Waals surface area contributed by atoms with E-state index in [1.165, 1.54) is 16.7 Å². The molecule has 2 nitrogen and oxygen atoms in total. The topological polar surface area (TPSA) is 21.8 Å². The molecule has 1 aromatic rings. The number of rotatable bonds is 6. The average Bonchev–Trinajstić information content (AvgIpc) is 3.20. The minimum atomic E-state index is -0.0405. The van der Waals surface area contributed by atoms with Crippen molar-refractivity contribution in [2.24, 2.45) is 0 Å². The minimum absolute atomic E-state index is 0.0405. The normalized spacial score (nSPS) is 22.9. The molecule has 0 N–H and O–H groups in total. The third-order valence-corrected chi connectivity index (χ3v) is 3.92. The molecule has 1 aliphatic heterocycles. The Kier molecular flexibility index (Phi) is 4.31. The quantitative estimate of drug-likeness (QED) is 0.705. The second-order valence-corrected chi connectivity index (χ2v) is 5.27. The number of benzene rings is 1. The first-order chi connectivity index (χ1) is 9.16. The second kappa shape index (κ2) is 5.79. The zero-order chi connectivity index (χ0) is 13.9. The van der Waals surface area contributed by atoms with Crippen LogP contribution in [0.1, 0.15) is 45.6 Å². The molecule has 0 unspecified atom stereocenters. The minimum Gasteiger partial charge on any atom is -0.497 e. The number of methoxy groups -OCH3 is 1. The second-order valence-electron chi connectivity index (χ2n) is 5.27. The van der Waals surface area contributed by atoms with E-state index in [0.29, 0.717) is 0 Å². The fraction of sp³-hybridized carbons (Fsp3) is 0.529. The highest BCUT2D eigenvalue weighted by molar-refractivity contribution is 5.77. The van der Waals surface area contributed by atoms with E-state index in [1.807, 2.05) is 6.07 Å². The van der Waals surface area contributed by atoms with Gasteiger partial charge in [-0.25, -0.2) is 0 Å². The molecule has 1 atom stereocenters. The van der Waals surface area contributed by atoms with Gasteiger partial charge in [0.15, 0.2) is 0 Å². The summed E-state index contributed by atoms with van der Waals surface area (Å²) in [6.45, 7) is 7.49. The van der Waals surface area contributed by atoms with Crippen molar-refractivity contribution in [3.8, 4) is 5.75 Å². The molecule has 1 aromatic carbocycles. The third kappa shape index (κ3) is 2.84. The van der Waals surface area contributed by atoms with Crippen LogP contribution in [0.25, 0.3) is 5.57 Å². The summed E-state index contributed by atoms with van der Waals surface area (Å²) in [6, 6.07) is 8.32. The van der Waals surface area contributed by atoms with Crippen molar-refractivity contribution >= 4 is 5.57 Å². The van der Waals surface area contributed by atoms with E-state index in [2.05, 4.69) is 39.0 Å². The molecule has 1 heterocycles. The van der Waals surface area contributed by atoms with Crippen LogP contribution in [0.5, 0.6) is 5.75 Å². The molecule has 0 saturated carbocycles. The Morgan fingerprint density at radius 1 is 1.37 bits per heavy atom. The van der Waals surface area contributed by atoms with Crippen LogP contribution in [0.4, 0.5) is 0 Å². The van der Waals surface area contributed by atoms with E-state index < -0.39 is 0 Å². The number of allylic oxidation sites excluding steroid dienone is 1. The Morgan fingerprint density at radius 2 is 2.11 bits per heavy atom. The molecule has 0 radical (unpaired) electrons. The van der Waals surface area contributed by atoms with E-state index in [1.54, 1.807) is 7.11 Å². The number of hydrogen-bond acceptors (Lipinski definition) is 2. The maximum Gasteiger partial charge on any atom is 0.119 e. The highest BCUT2D eigenvalue weighted by atomic mass is 16.6. The molecule has 0 amide bonds. The monoisotopic (exact) mass is 260 g/mol. The van der Waals surface area contributed by atoms with E-state index in [0.717, 1.165) is 31.6 Å². The predicted molar refractivity (Wildman–Crippen MR) is 79.5 cm³/mol. The Hall–Kier alpha value is -1.28. The lowest BCUT2D eigenvalue weighted by molar-refractivity contribution is 0.342. The van der Waals surface area contributed by atoms with Crippen molar-refractivity contribution in [1.82, 2.24) is 0 Å². The van der Waals surface area contributed by atoms with E-state index in [-0.39, 0.29) is 5.60 Å². The van der Waals surface area contributed by atoms with Crippen LogP contribution in [0.3, 0.4) is 0 Å². The fourth-order valence-corrected chi connectivity index (χ4v) is 2.76. The van der Waals surface area contributed by atoms with Crippen molar-refractivity contribution in [3.05, 3.63) is 35.4 Å². The van der Waals surface area contributed by atoms with Crippen molar-refractivity contribution in [1.29, 1.82) is 0 Å². The molecular weight excluding hydrogens is 236 g/mol. The molecular formula is C17H24O2. The zero-order valence-corrected chi connectivity index (χ0v) is 12.5. The van der Waals surface area contributed by atoms with Gasteiger partial charge in [-0.15, -0.1) is 0 Å². The first-order valence-corrected chi connectivity index (χ1v) is 7.15. The summed E-state index contributed by atoms with van der Waals surface area (Å²) in [7, 11) is 1.71. The lowest BCUT2D eigenvalue weighted by Crippen LogP contribution is -2.15. The summed E-state index contributed by atoms with van der Waals surface area (Å²) in [6.07, 6.45) is 3.29. The van der Waals surface area contributed by atoms with Crippen LogP contribution in [-0.4, -0.2) is 19.3 Å². The van der Waals surface area contributed by atoms with E-state index in [4.69, 9.17) is 9.47 Å². The maximum absolute atomic E-state index is 5.85. The van der Waals surface area contributed by atoms with Crippen LogP contribution >= 0.6 is 0 Å². The summed E-state index contributed by atoms with van der Waals surface area (Å²) in [5.41, 5.74) is 3.99. The Labute approximate surface area is 116 Å². The first-order valence-electron chi connectivity index (χ1n) is 7.15. The summed E-state index contributed by atoms with van der Waals surface area (Å²) < 4.78 is 11.2. The van der Waals surface area contributed by atoms with Crippen LogP contribution in [0.2, 0.25) is 0 Å². The van der Waals surface area contributed by atoms with Crippen molar-refractivity contribution in [2.75, 3.05) is 13.7 Å². The molecule has 2 rings (SSSR count). The van der Waals surface area contributed by atoms with Gasteiger partial charge in [0.25, 0.3) is 0 Å². The van der Waals surface area contributed by atoms with E-state index >= 15 is 0 Å². The lowest BCUT2D eigenvalue weighted by Gasteiger charge is -2.20. The van der Waals surface area contributed by atoms with Gasteiger partial charge >= 0.3 is 0 Å². The van der Waals surface area contributed by atoms with Crippen LogP contribution in [0, 0.1) is 0 Å². The van der Waals surface area contributed by atoms with Crippen LogP contribution < -0.4 is 4.74 Å². The Balaban J connectivity index is 2.44. The smallest absolute Gasteiger partial charge is 0.119 e. The van der Waals surface area contributed by atoms with Crippen molar-refractivity contribution in [3.63, 3.8) is 0 Å². The SMILES string of the molecule is CCC[C@@]1(/C(=C(\C)CC)c2cccc(OC)c2)CO1. The number of hydrogen-bond donors (Lipinski definition) is 0. The molecule has 1 saturated heterocycles. The average molecular weight is 260 g/mol. The molecule has 0 spiro atoms. The van der Waals surface area contributed by atoms with Crippen LogP contribution in [-0.2, 0) is 4.74 Å². The molecule has 0 aromatic heterocycles. The molecule has 19 heavy (non-hydrogen) atoms. The van der Waals surface area contributed by atoms with Crippen molar-refractivity contribution < 1.29 is 9.47 Å². The number of epoxide rings is 1. The summed E-state index contributed by atoms with van der Waals surface area (Å²) in [4.78, 5) is 0. The first kappa shape index (κ1) is 14.1. The Morgan fingerprint density at radius 3 is 2.63 bits per heavy atom. The van der Waals surface area contributed by atoms with Gasteiger partial charge in [-0.05, 0) is 43.0 Å².